The number of benzene rings is 1. The van der Waals surface area contributed by atoms with Gasteiger partial charge >= 0.3 is 53.6 Å². The van der Waals surface area contributed by atoms with Crippen LogP contribution in [0.4, 0.5) is 0 Å². The van der Waals surface area contributed by atoms with E-state index in [1.54, 1.807) is 0 Å². The second-order valence-electron chi connectivity index (χ2n) is 1.26. The van der Waals surface area contributed by atoms with Gasteiger partial charge in [-0.2, -0.15) is 0 Å². The van der Waals surface area contributed by atoms with Gasteiger partial charge < -0.3 is 0 Å². The van der Waals surface area contributed by atoms with Crippen LogP contribution in [0.5, 0.6) is 0 Å². The molecule has 0 saturated heterocycles. The molecule has 0 radical (unpaired) electrons. The molecule has 1 heteroatoms. The SMILES string of the molecule is [Pd+][c]1ccccc1. The van der Waals surface area contributed by atoms with Crippen molar-refractivity contribution in [1.82, 2.24) is 0 Å². The molecule has 0 heterocycles. The van der Waals surface area contributed by atoms with Crippen molar-refractivity contribution in [2.45, 2.75) is 0 Å². The summed E-state index contributed by atoms with van der Waals surface area (Å²) in [5.41, 5.74) is 0. The fraction of sp³-hybridized carbons (Fsp3) is 0. The van der Waals surface area contributed by atoms with E-state index in [0.29, 0.717) is 0 Å². The molecule has 0 amide bonds. The van der Waals surface area contributed by atoms with Crippen LogP contribution in [0, 0.1) is 0 Å². The van der Waals surface area contributed by atoms with E-state index in [0.717, 1.165) is 0 Å². The van der Waals surface area contributed by atoms with Crippen molar-refractivity contribution in [3.8, 4) is 0 Å². The van der Waals surface area contributed by atoms with Gasteiger partial charge in [0.05, 0.1) is 0 Å². The van der Waals surface area contributed by atoms with Crippen LogP contribution in [0.25, 0.3) is 0 Å². The standard InChI is InChI=1S/C6H5.Pd/c1-2-4-6-5-3-1;/h1-5H;/q;+1. The Morgan fingerprint density at radius 1 is 1.00 bits per heavy atom. The van der Waals surface area contributed by atoms with Crippen molar-refractivity contribution in [2.24, 2.45) is 0 Å². The summed E-state index contributed by atoms with van der Waals surface area (Å²) >= 11 is 3.07. The van der Waals surface area contributed by atoms with E-state index in [1.165, 1.54) is 4.04 Å². The molecule has 0 aromatic heterocycles. The molecular weight excluding hydrogens is 178 g/mol. The van der Waals surface area contributed by atoms with Gasteiger partial charge in [-0.15, -0.1) is 0 Å². The van der Waals surface area contributed by atoms with Gasteiger partial charge in [-0.25, -0.2) is 0 Å². The summed E-state index contributed by atoms with van der Waals surface area (Å²) in [6.07, 6.45) is 0. The fourth-order valence-corrected chi connectivity index (χ4v) is 0.702. The summed E-state index contributed by atoms with van der Waals surface area (Å²) in [5.74, 6) is 0. The maximum absolute atomic E-state index is 3.07. The third-order valence-corrected chi connectivity index (χ3v) is 1.23. The first kappa shape index (κ1) is 5.03. The minimum absolute atomic E-state index is 1.17. The zero-order valence-electron chi connectivity index (χ0n) is 3.70. The molecule has 38 valence electrons. The van der Waals surface area contributed by atoms with Crippen LogP contribution in [0.2, 0.25) is 0 Å². The van der Waals surface area contributed by atoms with Gasteiger partial charge in [0, 0.05) is 0 Å². The molecule has 0 fully saturated rings. The molecule has 0 bridgehead atoms. The average molecular weight is 184 g/mol. The van der Waals surface area contributed by atoms with Gasteiger partial charge in [0.2, 0.25) is 0 Å². The minimum atomic E-state index is 1.17. The molecule has 1 rings (SSSR count). The van der Waals surface area contributed by atoms with Crippen LogP contribution >= 0.6 is 0 Å². The van der Waals surface area contributed by atoms with Crippen molar-refractivity contribution in [1.29, 1.82) is 0 Å². The quantitative estimate of drug-likeness (QED) is 0.524. The summed E-state index contributed by atoms with van der Waals surface area (Å²) in [7, 11) is 0. The van der Waals surface area contributed by atoms with E-state index in [1.807, 2.05) is 30.3 Å². The first-order valence-electron chi connectivity index (χ1n) is 2.07. The molecule has 7 heavy (non-hydrogen) atoms. The third kappa shape index (κ3) is 1.43. The van der Waals surface area contributed by atoms with E-state index in [4.69, 9.17) is 0 Å². The molecule has 0 aliphatic carbocycles. The summed E-state index contributed by atoms with van der Waals surface area (Å²) in [6.45, 7) is 0. The van der Waals surface area contributed by atoms with Crippen LogP contribution < -0.4 is 4.04 Å². The van der Waals surface area contributed by atoms with E-state index < -0.39 is 0 Å². The molecule has 1 aromatic rings. The van der Waals surface area contributed by atoms with Gasteiger partial charge in [-0.1, -0.05) is 0 Å². The topological polar surface area (TPSA) is 0 Å². The van der Waals surface area contributed by atoms with Gasteiger partial charge in [-0.05, 0) is 0 Å². The molecular formula is C6H5Pd+. The zero-order valence-corrected chi connectivity index (χ0v) is 5.26. The van der Waals surface area contributed by atoms with Crippen LogP contribution in [-0.4, -0.2) is 0 Å². The third-order valence-electron chi connectivity index (χ3n) is 0.713. The van der Waals surface area contributed by atoms with Crippen molar-refractivity contribution in [3.05, 3.63) is 30.3 Å². The average Bonchev–Trinajstić information content (AvgIpc) is 1.69. The fourth-order valence-electron chi connectivity index (χ4n) is 0.403. The predicted octanol–water partition coefficient (Wildman–Crippen LogP) is 0.859. The van der Waals surface area contributed by atoms with Crippen molar-refractivity contribution >= 4 is 4.04 Å². The Morgan fingerprint density at radius 2 is 1.57 bits per heavy atom. The summed E-state index contributed by atoms with van der Waals surface area (Å²) in [6, 6.07) is 10.0. The Balaban J connectivity index is 3.02. The Labute approximate surface area is 54.0 Å². The van der Waals surface area contributed by atoms with Gasteiger partial charge in [-0.3, -0.25) is 0 Å². The molecule has 0 aliphatic heterocycles. The predicted molar refractivity (Wildman–Crippen MR) is 26.1 cm³/mol. The van der Waals surface area contributed by atoms with E-state index in [-0.39, 0.29) is 0 Å². The Hall–Kier alpha value is -0.118. The Kier molecular flexibility index (Phi) is 1.62. The second-order valence-corrected chi connectivity index (χ2v) is 2.16. The molecule has 0 spiro atoms. The number of hydrogen-bond acceptors (Lipinski definition) is 0. The van der Waals surface area contributed by atoms with Crippen molar-refractivity contribution < 1.29 is 19.2 Å². The van der Waals surface area contributed by atoms with Crippen LogP contribution in [0.15, 0.2) is 30.3 Å². The molecule has 0 nitrogen and oxygen atoms in total. The molecule has 0 saturated carbocycles. The van der Waals surface area contributed by atoms with Crippen molar-refractivity contribution in [2.75, 3.05) is 0 Å². The van der Waals surface area contributed by atoms with Gasteiger partial charge in [0.1, 0.15) is 0 Å². The van der Waals surface area contributed by atoms with Crippen LogP contribution in [0.1, 0.15) is 0 Å². The van der Waals surface area contributed by atoms with E-state index in [9.17, 15) is 0 Å². The number of hydrogen-bond donors (Lipinski definition) is 0. The first-order chi connectivity index (χ1) is 3.39. The zero-order chi connectivity index (χ0) is 5.11. The molecule has 0 N–H and O–H groups in total. The van der Waals surface area contributed by atoms with Crippen molar-refractivity contribution in [3.63, 3.8) is 0 Å². The monoisotopic (exact) mass is 183 g/mol. The number of rotatable bonds is 0. The normalized spacial score (nSPS) is 8.86. The summed E-state index contributed by atoms with van der Waals surface area (Å²) < 4.78 is 1.17. The maximum atomic E-state index is 3.07. The summed E-state index contributed by atoms with van der Waals surface area (Å²) in [5, 5.41) is 0. The van der Waals surface area contributed by atoms with Gasteiger partial charge in [0.25, 0.3) is 0 Å². The Morgan fingerprint density at radius 3 is 1.86 bits per heavy atom. The second kappa shape index (κ2) is 2.26. The summed E-state index contributed by atoms with van der Waals surface area (Å²) in [4.78, 5) is 0. The molecule has 0 aliphatic rings. The van der Waals surface area contributed by atoms with Gasteiger partial charge in [0.15, 0.2) is 0 Å². The van der Waals surface area contributed by atoms with E-state index >= 15 is 0 Å². The molecule has 0 unspecified atom stereocenters. The van der Waals surface area contributed by atoms with E-state index in [2.05, 4.69) is 19.2 Å². The molecule has 0 atom stereocenters. The van der Waals surface area contributed by atoms with Crippen LogP contribution in [-0.2, 0) is 19.2 Å². The molecule has 1 aromatic carbocycles. The van der Waals surface area contributed by atoms with Crippen LogP contribution in [0.3, 0.4) is 0 Å². The Bertz CT molecular complexity index is 134. The first-order valence-corrected chi connectivity index (χ1v) is 2.85.